The van der Waals surface area contributed by atoms with Crippen LogP contribution in [0.5, 0.6) is 0 Å². The summed E-state index contributed by atoms with van der Waals surface area (Å²) in [6.07, 6.45) is 1.91. The second-order valence-electron chi connectivity index (χ2n) is 4.37. The smallest absolute Gasteiger partial charge is 0.247 e. The van der Waals surface area contributed by atoms with Crippen LogP contribution in [0.25, 0.3) is 0 Å². The molecule has 5 heteroatoms. The predicted octanol–water partition coefficient (Wildman–Crippen LogP) is 2.00. The van der Waals surface area contributed by atoms with Gasteiger partial charge in [-0.2, -0.15) is 5.26 Å². The molecule has 0 bridgehead atoms. The number of nitrogens with zero attached hydrogens (tertiary/aromatic N) is 2. The van der Waals surface area contributed by atoms with Gasteiger partial charge in [0.1, 0.15) is 0 Å². The molecule has 1 fully saturated rings. The summed E-state index contributed by atoms with van der Waals surface area (Å²) in [6.45, 7) is 3.21. The summed E-state index contributed by atoms with van der Waals surface area (Å²) in [4.78, 5) is 27.3. The third-order valence-electron chi connectivity index (χ3n) is 3.04. The summed E-state index contributed by atoms with van der Waals surface area (Å²) in [5.41, 5.74) is 0. The molecule has 2 rings (SSSR count). The lowest BCUT2D eigenvalue weighted by Crippen LogP contribution is -2.36. The molecule has 1 aromatic rings. The lowest BCUT2D eigenvalue weighted by molar-refractivity contribution is -0.131. The number of ketones is 1. The summed E-state index contributed by atoms with van der Waals surface area (Å²) < 4.78 is 0. The summed E-state index contributed by atoms with van der Waals surface area (Å²) in [5, 5.41) is 9.08. The second kappa shape index (κ2) is 5.32. The summed E-state index contributed by atoms with van der Waals surface area (Å²) in [5.74, 6) is -1.89. The molecular weight excluding hydrogens is 248 g/mol. The molecule has 1 saturated heterocycles. The van der Waals surface area contributed by atoms with Crippen molar-refractivity contribution < 1.29 is 9.59 Å². The van der Waals surface area contributed by atoms with Gasteiger partial charge in [-0.3, -0.25) is 9.59 Å². The fourth-order valence-electron chi connectivity index (χ4n) is 2.06. The first-order valence-corrected chi connectivity index (χ1v) is 6.74. The zero-order chi connectivity index (χ0) is 13.1. The fourth-order valence-corrected chi connectivity index (χ4v) is 2.89. The van der Waals surface area contributed by atoms with Crippen molar-refractivity contribution in [1.29, 1.82) is 5.26 Å². The van der Waals surface area contributed by atoms with E-state index in [4.69, 9.17) is 5.26 Å². The number of Topliss-reactive ketones (excluding diaryl/α,β-unsaturated/α-hetero) is 1. The summed E-state index contributed by atoms with van der Waals surface area (Å²) in [6, 6.07) is 5.36. The molecule has 4 nitrogen and oxygen atoms in total. The summed E-state index contributed by atoms with van der Waals surface area (Å²) in [7, 11) is 0. The van der Waals surface area contributed by atoms with Gasteiger partial charge >= 0.3 is 0 Å². The molecule has 0 radical (unpaired) electrons. The Balaban J connectivity index is 2.16. The lowest BCUT2D eigenvalue weighted by atomic mass is 10.0. The van der Waals surface area contributed by atoms with Crippen LogP contribution < -0.4 is 0 Å². The molecule has 1 unspecified atom stereocenters. The number of carbonyl (C=O) groups is 2. The number of nitriles is 1. The van der Waals surface area contributed by atoms with Gasteiger partial charge in [-0.15, -0.1) is 11.3 Å². The van der Waals surface area contributed by atoms with Gasteiger partial charge in [0.05, 0.1) is 10.9 Å². The normalized spacial score (nSPS) is 16.3. The molecule has 0 N–H and O–H groups in total. The van der Waals surface area contributed by atoms with E-state index in [-0.39, 0.29) is 11.7 Å². The van der Waals surface area contributed by atoms with Crippen molar-refractivity contribution in [1.82, 2.24) is 4.90 Å². The second-order valence-corrected chi connectivity index (χ2v) is 5.66. The Bertz CT molecular complexity index is 509. The van der Waals surface area contributed by atoms with Crippen molar-refractivity contribution in [3.8, 4) is 6.07 Å². The molecule has 0 saturated carbocycles. The third-order valence-corrected chi connectivity index (χ3v) is 4.05. The molecule has 1 aliphatic heterocycles. The highest BCUT2D eigenvalue weighted by Gasteiger charge is 2.33. The largest absolute Gasteiger partial charge is 0.341 e. The van der Waals surface area contributed by atoms with E-state index >= 15 is 0 Å². The molecule has 1 aromatic heterocycles. The molecule has 1 atom stereocenters. The molecule has 0 aliphatic carbocycles. The molecular formula is C13H14N2O2S. The zero-order valence-electron chi connectivity index (χ0n) is 10.2. The fraction of sp³-hybridized carbons (Fsp3) is 0.462. The predicted molar refractivity (Wildman–Crippen MR) is 68.3 cm³/mol. The molecule has 1 amide bonds. The van der Waals surface area contributed by atoms with Crippen LogP contribution in [0.1, 0.15) is 27.4 Å². The van der Waals surface area contributed by atoms with Gasteiger partial charge in [0.25, 0.3) is 0 Å². The van der Waals surface area contributed by atoms with Crippen LogP contribution >= 0.6 is 11.3 Å². The van der Waals surface area contributed by atoms with Crippen LogP contribution in [-0.2, 0) is 4.79 Å². The minimum absolute atomic E-state index is 0.342. The Kier molecular flexibility index (Phi) is 3.78. The van der Waals surface area contributed by atoms with Gasteiger partial charge < -0.3 is 4.90 Å². The number of thiophene rings is 1. The van der Waals surface area contributed by atoms with E-state index < -0.39 is 5.92 Å². The van der Waals surface area contributed by atoms with Gasteiger partial charge in [0.2, 0.25) is 5.91 Å². The SMILES string of the molecule is Cc1ccc(C(=O)C(C#N)C(=O)N2CCCC2)s1. The van der Waals surface area contributed by atoms with Crippen molar-refractivity contribution in [3.63, 3.8) is 0 Å². The quantitative estimate of drug-likeness (QED) is 0.618. The third kappa shape index (κ3) is 2.44. The van der Waals surface area contributed by atoms with E-state index in [0.29, 0.717) is 18.0 Å². The lowest BCUT2D eigenvalue weighted by Gasteiger charge is -2.17. The van der Waals surface area contributed by atoms with Gasteiger partial charge in [-0.1, -0.05) is 0 Å². The maximum absolute atomic E-state index is 12.1. The van der Waals surface area contributed by atoms with Gasteiger partial charge in [0.15, 0.2) is 11.7 Å². The van der Waals surface area contributed by atoms with E-state index in [9.17, 15) is 9.59 Å². The highest BCUT2D eigenvalue weighted by molar-refractivity contribution is 7.14. The Morgan fingerprint density at radius 1 is 1.39 bits per heavy atom. The number of aryl methyl sites for hydroxylation is 1. The first-order valence-electron chi connectivity index (χ1n) is 5.92. The molecule has 18 heavy (non-hydrogen) atoms. The van der Waals surface area contributed by atoms with Crippen molar-refractivity contribution in [2.24, 2.45) is 5.92 Å². The number of likely N-dealkylation sites (tertiary alicyclic amines) is 1. The highest BCUT2D eigenvalue weighted by atomic mass is 32.1. The van der Waals surface area contributed by atoms with Gasteiger partial charge in [-0.05, 0) is 31.9 Å². The minimum atomic E-state index is -1.18. The van der Waals surface area contributed by atoms with Crippen molar-refractivity contribution in [2.75, 3.05) is 13.1 Å². The zero-order valence-corrected chi connectivity index (χ0v) is 11.0. The van der Waals surface area contributed by atoms with Crippen LogP contribution in [0.4, 0.5) is 0 Å². The van der Waals surface area contributed by atoms with Crippen LogP contribution in [0.3, 0.4) is 0 Å². The first kappa shape index (κ1) is 12.8. The highest BCUT2D eigenvalue weighted by Crippen LogP contribution is 2.21. The topological polar surface area (TPSA) is 61.2 Å². The van der Waals surface area contributed by atoms with Crippen molar-refractivity contribution in [2.45, 2.75) is 19.8 Å². The van der Waals surface area contributed by atoms with Crippen LogP contribution in [-0.4, -0.2) is 29.7 Å². The van der Waals surface area contributed by atoms with Crippen LogP contribution in [0.15, 0.2) is 12.1 Å². The number of carbonyl (C=O) groups excluding carboxylic acids is 2. The monoisotopic (exact) mass is 262 g/mol. The van der Waals surface area contributed by atoms with Crippen LogP contribution in [0, 0.1) is 24.2 Å². The maximum Gasteiger partial charge on any atom is 0.247 e. The van der Waals surface area contributed by atoms with E-state index in [2.05, 4.69) is 0 Å². The Hall–Kier alpha value is -1.67. The molecule has 2 heterocycles. The Labute approximate surface area is 110 Å². The molecule has 1 aliphatic rings. The van der Waals surface area contributed by atoms with E-state index in [0.717, 1.165) is 17.7 Å². The average Bonchev–Trinajstić information content (AvgIpc) is 3.00. The van der Waals surface area contributed by atoms with E-state index in [1.165, 1.54) is 11.3 Å². The molecule has 94 valence electrons. The first-order chi connectivity index (χ1) is 8.63. The van der Waals surface area contributed by atoms with Gasteiger partial charge in [0, 0.05) is 18.0 Å². The number of amides is 1. The maximum atomic E-state index is 12.1. The number of hydrogen-bond acceptors (Lipinski definition) is 4. The summed E-state index contributed by atoms with van der Waals surface area (Å²) >= 11 is 1.33. The van der Waals surface area contributed by atoms with E-state index in [1.54, 1.807) is 11.0 Å². The number of hydrogen-bond donors (Lipinski definition) is 0. The Morgan fingerprint density at radius 2 is 2.06 bits per heavy atom. The van der Waals surface area contributed by atoms with Crippen molar-refractivity contribution >= 4 is 23.0 Å². The minimum Gasteiger partial charge on any atom is -0.341 e. The Morgan fingerprint density at radius 3 is 2.56 bits per heavy atom. The molecule has 0 aromatic carbocycles. The average molecular weight is 262 g/mol. The van der Waals surface area contributed by atoms with E-state index in [1.807, 2.05) is 19.1 Å². The van der Waals surface area contributed by atoms with Crippen molar-refractivity contribution in [3.05, 3.63) is 21.9 Å². The number of rotatable bonds is 3. The van der Waals surface area contributed by atoms with Crippen LogP contribution in [0.2, 0.25) is 0 Å². The van der Waals surface area contributed by atoms with Gasteiger partial charge in [-0.25, -0.2) is 0 Å². The standard InChI is InChI=1S/C13H14N2O2S/c1-9-4-5-11(18-9)12(16)10(8-14)13(17)15-6-2-3-7-15/h4-5,10H,2-3,6-7H2,1H3. The molecule has 0 spiro atoms.